The molecule has 0 aliphatic rings. The van der Waals surface area contributed by atoms with Crippen LogP contribution in [0.15, 0.2) is 37.0 Å². The summed E-state index contributed by atoms with van der Waals surface area (Å²) in [4.78, 5) is 0. The van der Waals surface area contributed by atoms with Crippen LogP contribution in [0.3, 0.4) is 0 Å². The fourth-order valence-electron chi connectivity index (χ4n) is 0.577. The average molecular weight is 220 g/mol. The van der Waals surface area contributed by atoms with Crippen LogP contribution < -0.4 is 0 Å². The number of allylic oxidation sites excluding steroid dienone is 4. The SMILES string of the molecule is C=C/C=C(/C#CCCC)C=C.CC.CCC. The molecule has 0 fully saturated rings. The monoisotopic (exact) mass is 220 g/mol. The Morgan fingerprint density at radius 2 is 1.62 bits per heavy atom. The van der Waals surface area contributed by atoms with E-state index in [0.717, 1.165) is 18.4 Å². The van der Waals surface area contributed by atoms with Gasteiger partial charge in [0.1, 0.15) is 0 Å². The summed E-state index contributed by atoms with van der Waals surface area (Å²) < 4.78 is 0. The van der Waals surface area contributed by atoms with Crippen LogP contribution in [0.25, 0.3) is 0 Å². The molecule has 0 atom stereocenters. The molecule has 16 heavy (non-hydrogen) atoms. The first-order chi connectivity index (χ1) is 7.76. The van der Waals surface area contributed by atoms with Crippen LogP contribution in [0.5, 0.6) is 0 Å². The molecule has 0 aliphatic carbocycles. The Hall–Kier alpha value is -1.22. The van der Waals surface area contributed by atoms with Gasteiger partial charge in [-0.1, -0.05) is 78.2 Å². The minimum absolute atomic E-state index is 0.938. The van der Waals surface area contributed by atoms with Crippen molar-refractivity contribution in [3.05, 3.63) is 37.0 Å². The number of hydrogen-bond acceptors (Lipinski definition) is 0. The predicted octanol–water partition coefficient (Wildman–Crippen LogP) is 5.53. The molecular weight excluding hydrogens is 192 g/mol. The quantitative estimate of drug-likeness (QED) is 0.433. The lowest BCUT2D eigenvalue weighted by molar-refractivity contribution is 0.983. The third kappa shape index (κ3) is 23.0. The summed E-state index contributed by atoms with van der Waals surface area (Å²) in [5.41, 5.74) is 0.938. The summed E-state index contributed by atoms with van der Waals surface area (Å²) in [5.74, 6) is 6.03. The van der Waals surface area contributed by atoms with Gasteiger partial charge in [-0.2, -0.15) is 0 Å². The predicted molar refractivity (Wildman–Crippen MR) is 78.5 cm³/mol. The Labute approximate surface area is 103 Å². The molecule has 0 heterocycles. The zero-order chi connectivity index (χ0) is 13.2. The van der Waals surface area contributed by atoms with E-state index in [9.17, 15) is 0 Å². The van der Waals surface area contributed by atoms with Gasteiger partial charge in [0, 0.05) is 12.0 Å². The first-order valence-electron chi connectivity index (χ1n) is 6.20. The average Bonchev–Trinajstić information content (AvgIpc) is 2.32. The molecule has 0 radical (unpaired) electrons. The van der Waals surface area contributed by atoms with Crippen LogP contribution in [-0.4, -0.2) is 0 Å². The number of unbranched alkanes of at least 4 members (excludes halogenated alkanes) is 1. The van der Waals surface area contributed by atoms with E-state index in [4.69, 9.17) is 0 Å². The second-order valence-electron chi connectivity index (χ2n) is 2.82. The second-order valence-corrected chi connectivity index (χ2v) is 2.82. The summed E-state index contributed by atoms with van der Waals surface area (Å²) in [5, 5.41) is 0. The third-order valence-corrected chi connectivity index (χ3v) is 1.13. The number of rotatable bonds is 3. The molecule has 0 saturated heterocycles. The van der Waals surface area contributed by atoms with Crippen molar-refractivity contribution in [3.8, 4) is 11.8 Å². The molecule has 0 aliphatic heterocycles. The van der Waals surface area contributed by atoms with Gasteiger partial charge >= 0.3 is 0 Å². The van der Waals surface area contributed by atoms with Crippen molar-refractivity contribution in [2.75, 3.05) is 0 Å². The van der Waals surface area contributed by atoms with Crippen LogP contribution in [0.1, 0.15) is 53.9 Å². The summed E-state index contributed by atoms with van der Waals surface area (Å²) in [6.45, 7) is 17.6. The lowest BCUT2D eigenvalue weighted by Gasteiger charge is -1.84. The zero-order valence-corrected chi connectivity index (χ0v) is 11.8. The molecule has 0 bridgehead atoms. The number of hydrogen-bond donors (Lipinski definition) is 0. The lowest BCUT2D eigenvalue weighted by Crippen LogP contribution is -1.69. The van der Waals surface area contributed by atoms with E-state index in [1.807, 2.05) is 19.9 Å². The maximum Gasteiger partial charge on any atom is 0.0239 e. The van der Waals surface area contributed by atoms with Gasteiger partial charge in [0.2, 0.25) is 0 Å². The van der Waals surface area contributed by atoms with Crippen molar-refractivity contribution in [2.24, 2.45) is 0 Å². The molecule has 0 amide bonds. The normalized spacial score (nSPS) is 8.19. The molecule has 0 aromatic heterocycles. The third-order valence-electron chi connectivity index (χ3n) is 1.13. The van der Waals surface area contributed by atoms with E-state index in [1.165, 1.54) is 6.42 Å². The smallest absolute Gasteiger partial charge is 0.0239 e. The van der Waals surface area contributed by atoms with Crippen LogP contribution in [0, 0.1) is 11.8 Å². The van der Waals surface area contributed by atoms with E-state index < -0.39 is 0 Å². The summed E-state index contributed by atoms with van der Waals surface area (Å²) in [7, 11) is 0. The van der Waals surface area contributed by atoms with Gasteiger partial charge in [-0.05, 0) is 12.5 Å². The first-order valence-corrected chi connectivity index (χ1v) is 6.20. The molecule has 0 nitrogen and oxygen atoms in total. The topological polar surface area (TPSA) is 0 Å². The Bertz CT molecular complexity index is 220. The fraction of sp³-hybridized carbons (Fsp3) is 0.500. The summed E-state index contributed by atoms with van der Waals surface area (Å²) in [6, 6.07) is 0. The van der Waals surface area contributed by atoms with E-state index in [2.05, 4.69) is 45.8 Å². The Balaban J connectivity index is -0.000000289. The highest BCUT2D eigenvalue weighted by atomic mass is 13.8. The van der Waals surface area contributed by atoms with Gasteiger partial charge in [-0.15, -0.1) is 0 Å². The zero-order valence-electron chi connectivity index (χ0n) is 11.8. The molecule has 0 saturated carbocycles. The molecule has 0 N–H and O–H groups in total. The van der Waals surface area contributed by atoms with Gasteiger partial charge in [-0.25, -0.2) is 0 Å². The maximum atomic E-state index is 3.64. The van der Waals surface area contributed by atoms with Crippen LogP contribution in [-0.2, 0) is 0 Å². The molecule has 0 aromatic rings. The van der Waals surface area contributed by atoms with Crippen LogP contribution in [0.2, 0.25) is 0 Å². The van der Waals surface area contributed by atoms with Crippen molar-refractivity contribution >= 4 is 0 Å². The summed E-state index contributed by atoms with van der Waals surface area (Å²) in [6.07, 6.45) is 8.62. The van der Waals surface area contributed by atoms with E-state index >= 15 is 0 Å². The Morgan fingerprint density at radius 3 is 1.94 bits per heavy atom. The lowest BCUT2D eigenvalue weighted by atomic mass is 10.2. The van der Waals surface area contributed by atoms with E-state index in [1.54, 1.807) is 12.2 Å². The van der Waals surface area contributed by atoms with Gasteiger partial charge in [0.25, 0.3) is 0 Å². The van der Waals surface area contributed by atoms with E-state index in [0.29, 0.717) is 0 Å². The Kier molecular flexibility index (Phi) is 29.7. The highest BCUT2D eigenvalue weighted by molar-refractivity contribution is 5.39. The van der Waals surface area contributed by atoms with Crippen molar-refractivity contribution in [1.82, 2.24) is 0 Å². The second kappa shape index (κ2) is 23.5. The van der Waals surface area contributed by atoms with Crippen LogP contribution in [0.4, 0.5) is 0 Å². The molecule has 0 unspecified atom stereocenters. The largest absolute Gasteiger partial charge is 0.0990 e. The first kappa shape index (κ1) is 20.2. The summed E-state index contributed by atoms with van der Waals surface area (Å²) >= 11 is 0. The highest BCUT2D eigenvalue weighted by Gasteiger charge is 1.78. The molecule has 0 heteroatoms. The van der Waals surface area contributed by atoms with Crippen molar-refractivity contribution in [2.45, 2.75) is 53.9 Å². The maximum absolute atomic E-state index is 3.64. The molecular formula is C16H28. The molecule has 92 valence electrons. The van der Waals surface area contributed by atoms with Gasteiger partial charge in [0.05, 0.1) is 0 Å². The molecule has 0 spiro atoms. The van der Waals surface area contributed by atoms with Gasteiger partial charge in [-0.3, -0.25) is 0 Å². The standard InChI is InChI=1S/C11H14.C3H8.C2H6/c1-4-7-8-10-11(6-3)9-5-2;1-3-2;1-2/h5-6,9H,2-4,7H2,1H3;3H2,1-2H3;1-2H3/b11-9+;;. The van der Waals surface area contributed by atoms with Crippen LogP contribution >= 0.6 is 0 Å². The minimum atomic E-state index is 0.938. The van der Waals surface area contributed by atoms with E-state index in [-0.39, 0.29) is 0 Å². The fourth-order valence-corrected chi connectivity index (χ4v) is 0.577. The highest BCUT2D eigenvalue weighted by Crippen LogP contribution is 1.93. The van der Waals surface area contributed by atoms with Crippen molar-refractivity contribution in [3.63, 3.8) is 0 Å². The minimum Gasteiger partial charge on any atom is -0.0990 e. The van der Waals surface area contributed by atoms with Crippen molar-refractivity contribution in [1.29, 1.82) is 0 Å². The van der Waals surface area contributed by atoms with Crippen molar-refractivity contribution < 1.29 is 0 Å². The Morgan fingerprint density at radius 1 is 1.12 bits per heavy atom. The van der Waals surface area contributed by atoms with Gasteiger partial charge in [0.15, 0.2) is 0 Å². The van der Waals surface area contributed by atoms with Gasteiger partial charge < -0.3 is 0 Å². The molecule has 0 aromatic carbocycles. The molecule has 0 rings (SSSR count).